The zero-order chi connectivity index (χ0) is 23.4. The maximum absolute atomic E-state index is 13.2. The van der Waals surface area contributed by atoms with E-state index in [1.165, 1.54) is 10.5 Å². The Hall–Kier alpha value is -3.93. The van der Waals surface area contributed by atoms with E-state index in [-0.39, 0.29) is 24.8 Å². The summed E-state index contributed by atoms with van der Waals surface area (Å²) in [4.78, 5) is 32.3. The zero-order valence-corrected chi connectivity index (χ0v) is 19.0. The Morgan fingerprint density at radius 1 is 1.03 bits per heavy atom. The van der Waals surface area contributed by atoms with E-state index >= 15 is 0 Å². The van der Waals surface area contributed by atoms with Crippen LogP contribution < -0.4 is 15.0 Å². The van der Waals surface area contributed by atoms with Gasteiger partial charge < -0.3 is 15.0 Å². The molecule has 3 aromatic carbocycles. The van der Waals surface area contributed by atoms with Crippen molar-refractivity contribution >= 4 is 34.6 Å². The van der Waals surface area contributed by atoms with Crippen LogP contribution in [-0.2, 0) is 9.59 Å². The van der Waals surface area contributed by atoms with Crippen LogP contribution in [0.15, 0.2) is 77.8 Å². The van der Waals surface area contributed by atoms with Gasteiger partial charge in [-0.2, -0.15) is 0 Å². The summed E-state index contributed by atoms with van der Waals surface area (Å²) in [5, 5.41) is 2.90. The molecule has 0 fully saturated rings. The van der Waals surface area contributed by atoms with E-state index in [0.29, 0.717) is 28.7 Å². The molecule has 1 aliphatic rings. The van der Waals surface area contributed by atoms with Gasteiger partial charge in [0, 0.05) is 5.69 Å². The Morgan fingerprint density at radius 2 is 1.73 bits per heavy atom. The minimum Gasteiger partial charge on any atom is -0.497 e. The van der Waals surface area contributed by atoms with Crippen LogP contribution in [-0.4, -0.2) is 31.2 Å². The summed E-state index contributed by atoms with van der Waals surface area (Å²) < 4.78 is 5.23. The van der Waals surface area contributed by atoms with Gasteiger partial charge in [-0.05, 0) is 65.6 Å². The predicted molar refractivity (Wildman–Crippen MR) is 132 cm³/mol. The number of anilines is 2. The Kier molecular flexibility index (Phi) is 6.54. The lowest BCUT2D eigenvalue weighted by Crippen LogP contribution is -2.38. The van der Waals surface area contributed by atoms with Gasteiger partial charge in [-0.25, -0.2) is 0 Å². The Morgan fingerprint density at radius 3 is 2.39 bits per heavy atom. The molecule has 6 heteroatoms. The van der Waals surface area contributed by atoms with Crippen molar-refractivity contribution < 1.29 is 14.3 Å². The molecule has 3 aromatic rings. The Balaban J connectivity index is 1.55. The molecule has 168 valence electrons. The number of nitrogens with zero attached hydrogens (tertiary/aromatic N) is 2. The molecule has 0 unspecified atom stereocenters. The fourth-order valence-corrected chi connectivity index (χ4v) is 3.76. The number of rotatable bonds is 6. The summed E-state index contributed by atoms with van der Waals surface area (Å²) >= 11 is 0. The molecule has 0 saturated carbocycles. The number of methoxy groups -OCH3 is 1. The molecule has 0 radical (unpaired) electrons. The first-order valence-corrected chi connectivity index (χ1v) is 11.0. The van der Waals surface area contributed by atoms with Gasteiger partial charge in [-0.15, -0.1) is 0 Å². The minimum absolute atomic E-state index is 0.0901. The highest BCUT2D eigenvalue weighted by molar-refractivity contribution is 6.19. The van der Waals surface area contributed by atoms with Crippen LogP contribution in [0.3, 0.4) is 0 Å². The third-order valence-corrected chi connectivity index (χ3v) is 5.63. The molecule has 0 spiro atoms. The Bertz CT molecular complexity index is 1180. The number of nitrogens with one attached hydrogen (secondary N) is 1. The van der Waals surface area contributed by atoms with Gasteiger partial charge in [0.1, 0.15) is 12.3 Å². The zero-order valence-electron chi connectivity index (χ0n) is 19.0. The quantitative estimate of drug-likeness (QED) is 0.563. The van der Waals surface area contributed by atoms with Crippen LogP contribution in [0.1, 0.15) is 37.3 Å². The number of para-hydroxylation sites is 2. The highest BCUT2D eigenvalue weighted by Crippen LogP contribution is 2.33. The van der Waals surface area contributed by atoms with Gasteiger partial charge in [-0.3, -0.25) is 14.6 Å². The number of amides is 2. The lowest BCUT2D eigenvalue weighted by molar-refractivity contribution is -0.120. The van der Waals surface area contributed by atoms with Gasteiger partial charge in [-0.1, -0.05) is 38.1 Å². The molecule has 0 aromatic heterocycles. The third-order valence-electron chi connectivity index (χ3n) is 5.63. The standard InChI is InChI=1S/C27H27N3O3/c1-18(2)19-8-12-21(13-9-19)28-26(31)17-30-25-7-5-4-6-23(25)29-24(16-27(30)32)20-10-14-22(33-3)15-11-20/h4-15,18H,16-17H2,1-3H3,(H,28,31). The molecule has 1 N–H and O–H groups in total. The third kappa shape index (κ3) is 5.12. The summed E-state index contributed by atoms with van der Waals surface area (Å²) in [6.45, 7) is 4.16. The molecule has 2 amide bonds. The Labute approximate surface area is 193 Å². The maximum Gasteiger partial charge on any atom is 0.244 e. The van der Waals surface area contributed by atoms with Crippen molar-refractivity contribution in [2.24, 2.45) is 4.99 Å². The molecule has 6 nitrogen and oxygen atoms in total. The lowest BCUT2D eigenvalue weighted by Gasteiger charge is -2.22. The van der Waals surface area contributed by atoms with E-state index < -0.39 is 0 Å². The second-order valence-corrected chi connectivity index (χ2v) is 8.26. The van der Waals surface area contributed by atoms with Gasteiger partial charge in [0.25, 0.3) is 0 Å². The fourth-order valence-electron chi connectivity index (χ4n) is 3.76. The van der Waals surface area contributed by atoms with Crippen molar-refractivity contribution in [1.29, 1.82) is 0 Å². The van der Waals surface area contributed by atoms with Crippen LogP contribution >= 0.6 is 0 Å². The molecule has 0 aliphatic carbocycles. The van der Waals surface area contributed by atoms with E-state index in [1.54, 1.807) is 7.11 Å². The lowest BCUT2D eigenvalue weighted by atomic mass is 10.0. The molecule has 1 aliphatic heterocycles. The molecule has 0 atom stereocenters. The summed E-state index contributed by atoms with van der Waals surface area (Å²) in [5.41, 5.74) is 4.68. The SMILES string of the molecule is COc1ccc(C2=Nc3ccccc3N(CC(=O)Nc3ccc(C(C)C)cc3)C(=O)C2)cc1. The monoisotopic (exact) mass is 441 g/mol. The van der Waals surface area contributed by atoms with Crippen molar-refractivity contribution in [3.63, 3.8) is 0 Å². The van der Waals surface area contributed by atoms with E-state index in [4.69, 9.17) is 9.73 Å². The second kappa shape index (κ2) is 9.69. The summed E-state index contributed by atoms with van der Waals surface area (Å²) in [7, 11) is 1.61. The fraction of sp³-hybridized carbons (Fsp3) is 0.222. The molecule has 4 rings (SSSR count). The molecule has 1 heterocycles. The van der Waals surface area contributed by atoms with Gasteiger partial charge in [0.15, 0.2) is 0 Å². The van der Waals surface area contributed by atoms with E-state index in [1.807, 2.05) is 72.8 Å². The number of benzene rings is 3. The van der Waals surface area contributed by atoms with Crippen molar-refractivity contribution in [2.45, 2.75) is 26.2 Å². The number of fused-ring (bicyclic) bond motifs is 1. The molecule has 0 bridgehead atoms. The van der Waals surface area contributed by atoms with E-state index in [9.17, 15) is 9.59 Å². The van der Waals surface area contributed by atoms with Crippen molar-refractivity contribution in [3.8, 4) is 5.75 Å². The summed E-state index contributed by atoms with van der Waals surface area (Å²) in [6.07, 6.45) is 0.0946. The summed E-state index contributed by atoms with van der Waals surface area (Å²) in [6, 6.07) is 22.6. The van der Waals surface area contributed by atoms with Crippen molar-refractivity contribution in [1.82, 2.24) is 0 Å². The minimum atomic E-state index is -0.261. The first-order chi connectivity index (χ1) is 15.9. The number of aliphatic imine (C=N–C) groups is 1. The van der Waals surface area contributed by atoms with Crippen LogP contribution in [0.25, 0.3) is 0 Å². The normalized spacial score (nSPS) is 13.3. The molecular weight excluding hydrogens is 414 g/mol. The van der Waals surface area contributed by atoms with Crippen molar-refractivity contribution in [3.05, 3.63) is 83.9 Å². The average Bonchev–Trinajstić information content (AvgIpc) is 2.96. The topological polar surface area (TPSA) is 71.0 Å². The number of ether oxygens (including phenoxy) is 1. The van der Waals surface area contributed by atoms with Crippen LogP contribution in [0, 0.1) is 0 Å². The van der Waals surface area contributed by atoms with E-state index in [2.05, 4.69) is 19.2 Å². The average molecular weight is 442 g/mol. The maximum atomic E-state index is 13.2. The number of carbonyl (C=O) groups is 2. The highest BCUT2D eigenvalue weighted by atomic mass is 16.5. The van der Waals surface area contributed by atoms with Crippen LogP contribution in [0.4, 0.5) is 17.1 Å². The molecular formula is C27H27N3O3. The van der Waals surface area contributed by atoms with Gasteiger partial charge >= 0.3 is 0 Å². The smallest absolute Gasteiger partial charge is 0.244 e. The number of carbonyl (C=O) groups excluding carboxylic acids is 2. The van der Waals surface area contributed by atoms with E-state index in [0.717, 1.165) is 11.3 Å². The predicted octanol–water partition coefficient (Wildman–Crippen LogP) is 5.31. The van der Waals surface area contributed by atoms with Crippen LogP contribution in [0.2, 0.25) is 0 Å². The first-order valence-electron chi connectivity index (χ1n) is 11.0. The second-order valence-electron chi connectivity index (χ2n) is 8.26. The van der Waals surface area contributed by atoms with Crippen molar-refractivity contribution in [2.75, 3.05) is 23.9 Å². The number of hydrogen-bond acceptors (Lipinski definition) is 4. The highest BCUT2D eigenvalue weighted by Gasteiger charge is 2.26. The first kappa shape index (κ1) is 22.3. The largest absolute Gasteiger partial charge is 0.497 e. The van der Waals surface area contributed by atoms with Crippen LogP contribution in [0.5, 0.6) is 5.75 Å². The number of hydrogen-bond donors (Lipinski definition) is 1. The molecule has 0 saturated heterocycles. The van der Waals surface area contributed by atoms with Gasteiger partial charge in [0.05, 0.1) is 30.6 Å². The molecule has 33 heavy (non-hydrogen) atoms. The summed E-state index contributed by atoms with van der Waals surface area (Å²) in [5.74, 6) is 0.712. The van der Waals surface area contributed by atoms with Gasteiger partial charge in [0.2, 0.25) is 11.8 Å².